The van der Waals surface area contributed by atoms with E-state index in [1.165, 1.54) is 12.1 Å². The number of benzene rings is 2. The summed E-state index contributed by atoms with van der Waals surface area (Å²) < 4.78 is 65.4. The van der Waals surface area contributed by atoms with Crippen LogP contribution in [0.4, 0.5) is 13.2 Å². The minimum atomic E-state index is -4.28. The number of halogens is 5. The van der Waals surface area contributed by atoms with E-state index in [1.54, 1.807) is 0 Å². The zero-order valence-electron chi connectivity index (χ0n) is 11.5. The van der Waals surface area contributed by atoms with Gasteiger partial charge in [0.15, 0.2) is 17.5 Å². The Hall–Kier alpha value is -1.83. The molecule has 0 saturated heterocycles. The quantitative estimate of drug-likeness (QED) is 0.589. The lowest BCUT2D eigenvalue weighted by molar-refractivity contribution is 0.504. The number of aromatic nitrogens is 1. The molecule has 3 aromatic rings. The number of pyridine rings is 1. The summed E-state index contributed by atoms with van der Waals surface area (Å²) in [6.07, 6.45) is 0.848. The molecule has 3 nitrogen and oxygen atoms in total. The van der Waals surface area contributed by atoms with Gasteiger partial charge in [-0.05, 0) is 30.3 Å². The van der Waals surface area contributed by atoms with Gasteiger partial charge in [-0.3, -0.25) is 4.98 Å². The van der Waals surface area contributed by atoms with Crippen LogP contribution in [0.3, 0.4) is 0 Å². The van der Waals surface area contributed by atoms with Crippen molar-refractivity contribution in [2.24, 2.45) is 0 Å². The summed E-state index contributed by atoms with van der Waals surface area (Å²) >= 11 is 11.7. The van der Waals surface area contributed by atoms with E-state index >= 15 is 0 Å². The molecule has 1 aromatic heterocycles. The Kier molecular flexibility index (Phi) is 4.19. The Morgan fingerprint density at radius 3 is 2.33 bits per heavy atom. The molecule has 0 amide bonds. The highest BCUT2D eigenvalue weighted by atomic mass is 35.5. The van der Waals surface area contributed by atoms with Gasteiger partial charge in [-0.25, -0.2) is 21.6 Å². The average Bonchev–Trinajstić information content (AvgIpc) is 2.53. The molecule has 0 aliphatic carbocycles. The Morgan fingerprint density at radius 1 is 0.958 bits per heavy atom. The Balaban J connectivity index is 2.27. The monoisotopic (exact) mass is 391 g/mol. The molecule has 2 aromatic carbocycles. The fourth-order valence-corrected chi connectivity index (χ4v) is 4.07. The first-order chi connectivity index (χ1) is 11.2. The van der Waals surface area contributed by atoms with Gasteiger partial charge < -0.3 is 0 Å². The molecule has 9 heteroatoms. The Labute approximate surface area is 144 Å². The van der Waals surface area contributed by atoms with Crippen molar-refractivity contribution in [3.8, 4) is 0 Å². The van der Waals surface area contributed by atoms with Gasteiger partial charge in [-0.15, -0.1) is 0 Å². The highest BCUT2D eigenvalue weighted by molar-refractivity contribution is 7.91. The van der Waals surface area contributed by atoms with Crippen LogP contribution in [0.2, 0.25) is 10.0 Å². The smallest absolute Gasteiger partial charge is 0.209 e. The van der Waals surface area contributed by atoms with Crippen LogP contribution in [0.1, 0.15) is 0 Å². The van der Waals surface area contributed by atoms with Crippen molar-refractivity contribution in [1.29, 1.82) is 0 Å². The minimum Gasteiger partial charge on any atom is -0.252 e. The first-order valence-corrected chi connectivity index (χ1v) is 8.59. The number of sulfone groups is 1. The zero-order valence-corrected chi connectivity index (χ0v) is 13.9. The molecule has 124 valence electrons. The highest BCUT2D eigenvalue weighted by Gasteiger charge is 2.25. The molecule has 0 radical (unpaired) electrons. The summed E-state index contributed by atoms with van der Waals surface area (Å²) in [5.74, 6) is -3.35. The van der Waals surface area contributed by atoms with E-state index in [4.69, 9.17) is 23.2 Å². The van der Waals surface area contributed by atoms with Crippen LogP contribution in [-0.2, 0) is 9.84 Å². The van der Waals surface area contributed by atoms with Crippen LogP contribution in [0.25, 0.3) is 10.9 Å². The normalized spacial score (nSPS) is 11.9. The molecule has 0 saturated carbocycles. The lowest BCUT2D eigenvalue weighted by Gasteiger charge is -2.10. The molecule has 0 unspecified atom stereocenters. The predicted molar refractivity (Wildman–Crippen MR) is 83.5 cm³/mol. The Bertz CT molecular complexity index is 1090. The molecular weight excluding hydrogens is 386 g/mol. The molecule has 24 heavy (non-hydrogen) atoms. The summed E-state index contributed by atoms with van der Waals surface area (Å²) in [5, 5.41) is -0.454. The van der Waals surface area contributed by atoms with Crippen LogP contribution in [-0.4, -0.2) is 13.4 Å². The van der Waals surface area contributed by atoms with Gasteiger partial charge in [0.1, 0.15) is 10.4 Å². The van der Waals surface area contributed by atoms with Crippen molar-refractivity contribution in [2.45, 2.75) is 9.79 Å². The van der Waals surface area contributed by atoms with Crippen molar-refractivity contribution in [1.82, 2.24) is 4.98 Å². The first kappa shape index (κ1) is 17.0. The predicted octanol–water partition coefficient (Wildman–Crippen LogP) is 4.79. The highest BCUT2D eigenvalue weighted by Crippen LogP contribution is 2.35. The number of fused-ring (bicyclic) bond motifs is 1. The zero-order chi connectivity index (χ0) is 17.6. The van der Waals surface area contributed by atoms with E-state index in [0.29, 0.717) is 12.1 Å². The van der Waals surface area contributed by atoms with Crippen LogP contribution in [0.5, 0.6) is 0 Å². The molecule has 0 bridgehead atoms. The van der Waals surface area contributed by atoms with Gasteiger partial charge in [-0.1, -0.05) is 23.2 Å². The summed E-state index contributed by atoms with van der Waals surface area (Å²) in [6, 6.07) is 4.65. The van der Waals surface area contributed by atoms with Crippen molar-refractivity contribution >= 4 is 43.9 Å². The maximum Gasteiger partial charge on any atom is 0.209 e. The summed E-state index contributed by atoms with van der Waals surface area (Å²) in [7, 11) is -4.28. The molecule has 0 fully saturated rings. The number of hydrogen-bond donors (Lipinski definition) is 0. The molecular formula is C15H6Cl2F3NO2S. The van der Waals surface area contributed by atoms with E-state index < -0.39 is 37.1 Å². The maximum atomic E-state index is 13.9. The molecule has 0 aliphatic heterocycles. The number of nitrogens with zero attached hydrogens (tertiary/aromatic N) is 1. The van der Waals surface area contributed by atoms with Gasteiger partial charge in [0, 0.05) is 11.6 Å². The van der Waals surface area contributed by atoms with Crippen molar-refractivity contribution in [3.05, 3.63) is 64.0 Å². The third-order valence-electron chi connectivity index (χ3n) is 3.32. The second-order valence-electron chi connectivity index (χ2n) is 4.77. The second-order valence-corrected chi connectivity index (χ2v) is 7.48. The van der Waals surface area contributed by atoms with Gasteiger partial charge in [0.05, 0.1) is 14.9 Å². The number of hydrogen-bond acceptors (Lipinski definition) is 3. The average molecular weight is 392 g/mol. The van der Waals surface area contributed by atoms with Crippen LogP contribution in [0, 0.1) is 17.5 Å². The first-order valence-electron chi connectivity index (χ1n) is 6.36. The van der Waals surface area contributed by atoms with E-state index in [0.717, 1.165) is 12.3 Å². The SMILES string of the molecule is O=S(=O)(c1ccc(F)c(F)c1)c1cnc2c(F)c(Cl)ccc2c1Cl. The van der Waals surface area contributed by atoms with Gasteiger partial charge in [0.2, 0.25) is 9.84 Å². The van der Waals surface area contributed by atoms with Crippen LogP contribution in [0.15, 0.2) is 46.3 Å². The van der Waals surface area contributed by atoms with E-state index in [1.807, 2.05) is 0 Å². The molecule has 0 N–H and O–H groups in total. The van der Waals surface area contributed by atoms with E-state index in [2.05, 4.69) is 4.98 Å². The van der Waals surface area contributed by atoms with Crippen molar-refractivity contribution < 1.29 is 21.6 Å². The van der Waals surface area contributed by atoms with Crippen molar-refractivity contribution in [3.63, 3.8) is 0 Å². The molecule has 0 atom stereocenters. The lowest BCUT2D eigenvalue weighted by Crippen LogP contribution is -2.05. The van der Waals surface area contributed by atoms with Gasteiger partial charge in [-0.2, -0.15) is 0 Å². The molecule has 3 rings (SSSR count). The number of rotatable bonds is 2. The fraction of sp³-hybridized carbons (Fsp3) is 0. The molecule has 1 heterocycles. The molecule has 0 spiro atoms. The van der Waals surface area contributed by atoms with Gasteiger partial charge in [0.25, 0.3) is 0 Å². The standard InChI is InChI=1S/C15H6Cl2F3NO2S/c16-9-3-2-8-13(17)12(6-21-15(8)14(9)20)24(22,23)7-1-4-10(18)11(19)5-7/h1-6H. The van der Waals surface area contributed by atoms with Crippen molar-refractivity contribution in [2.75, 3.05) is 0 Å². The fourth-order valence-electron chi connectivity index (χ4n) is 2.11. The van der Waals surface area contributed by atoms with Crippen LogP contribution >= 0.6 is 23.2 Å². The summed E-state index contributed by atoms with van der Waals surface area (Å²) in [4.78, 5) is 2.79. The third kappa shape index (κ3) is 2.62. The second kappa shape index (κ2) is 5.91. The molecule has 0 aliphatic rings. The van der Waals surface area contributed by atoms with Crippen LogP contribution < -0.4 is 0 Å². The van der Waals surface area contributed by atoms with E-state index in [-0.39, 0.29) is 20.9 Å². The lowest BCUT2D eigenvalue weighted by atomic mass is 10.2. The largest absolute Gasteiger partial charge is 0.252 e. The maximum absolute atomic E-state index is 13.9. The third-order valence-corrected chi connectivity index (χ3v) is 5.90. The van der Waals surface area contributed by atoms with E-state index in [9.17, 15) is 21.6 Å². The minimum absolute atomic E-state index is 0.0298. The summed E-state index contributed by atoms with van der Waals surface area (Å²) in [6.45, 7) is 0. The Morgan fingerprint density at radius 2 is 1.67 bits per heavy atom. The van der Waals surface area contributed by atoms with Gasteiger partial charge >= 0.3 is 0 Å². The topological polar surface area (TPSA) is 47.0 Å². The summed E-state index contributed by atoms with van der Waals surface area (Å²) in [5.41, 5.74) is -0.197.